The first-order valence-electron chi connectivity index (χ1n) is 4.67. The Hall–Kier alpha value is -2.99. The van der Waals surface area contributed by atoms with E-state index < -0.39 is 5.71 Å². The molecule has 1 aromatic heterocycles. The van der Waals surface area contributed by atoms with Crippen molar-refractivity contribution >= 4 is 28.4 Å². The molecule has 2 rings (SSSR count). The molecule has 0 atom stereocenters. The second-order valence-electron chi connectivity index (χ2n) is 3.14. The smallest absolute Gasteiger partial charge is 0.229 e. The van der Waals surface area contributed by atoms with Gasteiger partial charge in [-0.2, -0.15) is 15.5 Å². The number of H-pyrrole nitrogens is 1. The molecule has 2 N–H and O–H groups in total. The van der Waals surface area contributed by atoms with Gasteiger partial charge in [0.2, 0.25) is 5.95 Å². The van der Waals surface area contributed by atoms with Crippen molar-refractivity contribution in [1.29, 1.82) is 15.9 Å². The minimum absolute atomic E-state index is 0.211. The van der Waals surface area contributed by atoms with Gasteiger partial charge in [0.1, 0.15) is 12.1 Å². The molecule has 2 aromatic rings. The average molecular weight is 222 g/mol. The van der Waals surface area contributed by atoms with Crippen molar-refractivity contribution in [3.8, 4) is 12.1 Å². The Morgan fingerprint density at radius 1 is 1.29 bits per heavy atom. The van der Waals surface area contributed by atoms with Gasteiger partial charge in [0, 0.05) is 0 Å². The van der Waals surface area contributed by atoms with Crippen LogP contribution in [0.3, 0.4) is 0 Å². The van der Waals surface area contributed by atoms with E-state index in [4.69, 9.17) is 15.9 Å². The molecular formula is C11H6N6. The van der Waals surface area contributed by atoms with Crippen LogP contribution in [-0.2, 0) is 0 Å². The SMILES string of the molecule is N#CC(=N)/C(C#N)=N\c1nc2ccccc2[nH]1. The highest BCUT2D eigenvalue weighted by molar-refractivity contribution is 6.52. The maximum Gasteiger partial charge on any atom is 0.229 e. The lowest BCUT2D eigenvalue weighted by Gasteiger charge is -1.88. The second kappa shape index (κ2) is 4.25. The Morgan fingerprint density at radius 3 is 2.71 bits per heavy atom. The average Bonchev–Trinajstić information content (AvgIpc) is 2.77. The van der Waals surface area contributed by atoms with Gasteiger partial charge in [-0.3, -0.25) is 5.41 Å². The minimum atomic E-state index is -0.479. The number of rotatable bonds is 2. The molecule has 0 bridgehead atoms. The Bertz CT molecular complexity index is 662. The van der Waals surface area contributed by atoms with E-state index in [1.807, 2.05) is 18.2 Å². The minimum Gasteiger partial charge on any atom is -0.322 e. The number of hydrogen-bond donors (Lipinski definition) is 2. The van der Waals surface area contributed by atoms with E-state index in [0.717, 1.165) is 5.52 Å². The molecule has 0 unspecified atom stereocenters. The molecule has 80 valence electrons. The van der Waals surface area contributed by atoms with Gasteiger partial charge in [0.25, 0.3) is 0 Å². The summed E-state index contributed by atoms with van der Waals surface area (Å²) in [7, 11) is 0. The summed E-state index contributed by atoms with van der Waals surface area (Å²) < 4.78 is 0. The number of fused-ring (bicyclic) bond motifs is 1. The maximum atomic E-state index is 8.75. The third kappa shape index (κ3) is 2.01. The first kappa shape index (κ1) is 10.5. The van der Waals surface area contributed by atoms with Crippen molar-refractivity contribution in [1.82, 2.24) is 9.97 Å². The fourth-order valence-corrected chi connectivity index (χ4v) is 1.29. The van der Waals surface area contributed by atoms with Crippen LogP contribution in [0.1, 0.15) is 0 Å². The highest BCUT2D eigenvalue weighted by Crippen LogP contribution is 2.15. The molecule has 1 heterocycles. The number of benzene rings is 1. The summed E-state index contributed by atoms with van der Waals surface area (Å²) in [6.45, 7) is 0. The number of imidazole rings is 1. The lowest BCUT2D eigenvalue weighted by atomic mass is 10.3. The third-order valence-electron chi connectivity index (χ3n) is 2.05. The van der Waals surface area contributed by atoms with Crippen molar-refractivity contribution in [2.75, 3.05) is 0 Å². The van der Waals surface area contributed by atoms with Crippen molar-refractivity contribution in [3.05, 3.63) is 24.3 Å². The Balaban J connectivity index is 2.48. The maximum absolute atomic E-state index is 8.75. The van der Waals surface area contributed by atoms with Gasteiger partial charge in [0.15, 0.2) is 11.4 Å². The lowest BCUT2D eigenvalue weighted by molar-refractivity contribution is 1.27. The summed E-state index contributed by atoms with van der Waals surface area (Å²) in [6, 6.07) is 10.5. The third-order valence-corrected chi connectivity index (χ3v) is 2.05. The van der Waals surface area contributed by atoms with E-state index in [2.05, 4.69) is 15.0 Å². The molecule has 0 saturated carbocycles. The first-order chi connectivity index (χ1) is 8.24. The van der Waals surface area contributed by atoms with Crippen LogP contribution >= 0.6 is 0 Å². The summed E-state index contributed by atoms with van der Waals surface area (Å²) >= 11 is 0. The molecule has 0 aliphatic heterocycles. The molecular weight excluding hydrogens is 216 g/mol. The van der Waals surface area contributed by atoms with Crippen LogP contribution in [0.15, 0.2) is 29.3 Å². The van der Waals surface area contributed by atoms with E-state index in [9.17, 15) is 0 Å². The predicted molar refractivity (Wildman–Crippen MR) is 62.1 cm³/mol. The molecule has 0 fully saturated rings. The second-order valence-corrected chi connectivity index (χ2v) is 3.14. The number of nitrogens with one attached hydrogen (secondary N) is 2. The number of aromatic nitrogens is 2. The fourth-order valence-electron chi connectivity index (χ4n) is 1.29. The zero-order valence-corrected chi connectivity index (χ0v) is 8.60. The zero-order chi connectivity index (χ0) is 12.3. The summed E-state index contributed by atoms with van der Waals surface area (Å²) in [5.41, 5.74) is 0.763. The summed E-state index contributed by atoms with van der Waals surface area (Å²) in [5.74, 6) is 0.211. The van der Waals surface area contributed by atoms with Crippen molar-refractivity contribution in [3.63, 3.8) is 0 Å². The summed E-state index contributed by atoms with van der Waals surface area (Å²) in [6.07, 6.45) is 0. The monoisotopic (exact) mass is 222 g/mol. The number of para-hydroxylation sites is 2. The first-order valence-corrected chi connectivity index (χ1v) is 4.67. The van der Waals surface area contributed by atoms with Gasteiger partial charge in [-0.1, -0.05) is 12.1 Å². The number of nitrogens with zero attached hydrogens (tertiary/aromatic N) is 4. The molecule has 0 amide bonds. The van der Waals surface area contributed by atoms with Gasteiger partial charge >= 0.3 is 0 Å². The standard InChI is InChI=1S/C11H6N6/c12-5-7(14)10(6-13)17-11-15-8-3-1-2-4-9(8)16-11/h1-4,14H,(H,15,16)/b14-7?,17-10-. The molecule has 6 nitrogen and oxygen atoms in total. The molecule has 1 aromatic carbocycles. The van der Waals surface area contributed by atoms with E-state index >= 15 is 0 Å². The Labute approximate surface area is 96.4 Å². The van der Waals surface area contributed by atoms with Gasteiger partial charge in [-0.05, 0) is 12.1 Å². The molecule has 0 saturated heterocycles. The van der Waals surface area contributed by atoms with Gasteiger partial charge in [-0.15, -0.1) is 0 Å². The van der Waals surface area contributed by atoms with Crippen molar-refractivity contribution < 1.29 is 0 Å². The van der Waals surface area contributed by atoms with Gasteiger partial charge in [0.05, 0.1) is 11.0 Å². The van der Waals surface area contributed by atoms with E-state index in [1.165, 1.54) is 0 Å². The number of aliphatic imine (C=N–C) groups is 1. The van der Waals surface area contributed by atoms with Crippen LogP contribution in [0.4, 0.5) is 5.95 Å². The van der Waals surface area contributed by atoms with Crippen LogP contribution in [-0.4, -0.2) is 21.4 Å². The zero-order valence-electron chi connectivity index (χ0n) is 8.60. The van der Waals surface area contributed by atoms with Crippen molar-refractivity contribution in [2.45, 2.75) is 0 Å². The quantitative estimate of drug-likeness (QED) is 0.754. The molecule has 0 aliphatic rings. The number of aromatic amines is 1. The summed E-state index contributed by atoms with van der Waals surface area (Å²) in [5, 5.41) is 24.5. The number of nitriles is 2. The molecule has 17 heavy (non-hydrogen) atoms. The Kier molecular flexibility index (Phi) is 2.63. The Morgan fingerprint density at radius 2 is 2.06 bits per heavy atom. The van der Waals surface area contributed by atoms with Crippen LogP contribution in [0.25, 0.3) is 11.0 Å². The normalized spacial score (nSPS) is 10.8. The van der Waals surface area contributed by atoms with Crippen LogP contribution in [0.2, 0.25) is 0 Å². The van der Waals surface area contributed by atoms with E-state index in [1.54, 1.807) is 18.2 Å². The van der Waals surface area contributed by atoms with E-state index in [0.29, 0.717) is 5.52 Å². The lowest BCUT2D eigenvalue weighted by Crippen LogP contribution is -2.07. The van der Waals surface area contributed by atoms with Gasteiger partial charge < -0.3 is 4.98 Å². The van der Waals surface area contributed by atoms with E-state index in [-0.39, 0.29) is 11.7 Å². The van der Waals surface area contributed by atoms with Crippen LogP contribution in [0.5, 0.6) is 0 Å². The molecule has 0 aliphatic carbocycles. The van der Waals surface area contributed by atoms with Crippen LogP contribution in [0, 0.1) is 28.1 Å². The predicted octanol–water partition coefficient (Wildman–Crippen LogP) is 1.70. The highest BCUT2D eigenvalue weighted by Gasteiger charge is 2.07. The number of hydrogen-bond acceptors (Lipinski definition) is 5. The molecule has 6 heteroatoms. The highest BCUT2D eigenvalue weighted by atomic mass is 15.1. The van der Waals surface area contributed by atoms with Gasteiger partial charge in [-0.25, -0.2) is 4.98 Å². The fraction of sp³-hybridized carbons (Fsp3) is 0. The van der Waals surface area contributed by atoms with Crippen molar-refractivity contribution in [2.24, 2.45) is 4.99 Å². The topological polar surface area (TPSA) is 112 Å². The summed E-state index contributed by atoms with van der Waals surface area (Å²) in [4.78, 5) is 10.8. The largest absolute Gasteiger partial charge is 0.322 e. The molecule has 0 spiro atoms. The van der Waals surface area contributed by atoms with Crippen LogP contribution < -0.4 is 0 Å². The molecule has 0 radical (unpaired) electrons.